The van der Waals surface area contributed by atoms with Crippen LogP contribution in [0.2, 0.25) is 0 Å². The first-order valence-corrected chi connectivity index (χ1v) is 18.8. The van der Waals surface area contributed by atoms with Crippen LogP contribution in [0, 0.1) is 6.92 Å². The molecule has 2 aromatic carbocycles. The van der Waals surface area contributed by atoms with Gasteiger partial charge in [-0.05, 0) is 43.5 Å². The minimum atomic E-state index is -5.08. The van der Waals surface area contributed by atoms with E-state index < -0.39 is 30.3 Å². The molecule has 324 valence electrons. The molecule has 59 heavy (non-hydrogen) atoms. The first kappa shape index (κ1) is 48.1. The fourth-order valence-electron chi connectivity index (χ4n) is 6.37. The fraction of sp³-hybridized carbons (Fsp3) is 0.475. The van der Waals surface area contributed by atoms with Gasteiger partial charge < -0.3 is 34.0 Å². The Bertz CT molecular complexity index is 1940. The number of aldehydes is 1. The van der Waals surface area contributed by atoms with Gasteiger partial charge in [0.2, 0.25) is 0 Å². The van der Waals surface area contributed by atoms with E-state index in [9.17, 15) is 35.9 Å². The molecule has 0 spiro atoms. The predicted octanol–water partition coefficient (Wildman–Crippen LogP) is 7.45. The Morgan fingerprint density at radius 1 is 0.966 bits per heavy atom. The van der Waals surface area contributed by atoms with Crippen molar-refractivity contribution in [3.05, 3.63) is 71.8 Å². The van der Waals surface area contributed by atoms with Gasteiger partial charge in [0, 0.05) is 61.2 Å². The molecule has 2 atom stereocenters. The highest BCUT2D eigenvalue weighted by molar-refractivity contribution is 5.90. The Morgan fingerprint density at radius 2 is 1.59 bits per heavy atom. The number of aromatic nitrogens is 3. The number of carboxylic acids is 2. The van der Waals surface area contributed by atoms with Gasteiger partial charge in [-0.25, -0.2) is 14.6 Å². The van der Waals surface area contributed by atoms with Crippen molar-refractivity contribution in [2.75, 3.05) is 40.0 Å². The number of imidazole rings is 1. The van der Waals surface area contributed by atoms with Gasteiger partial charge in [0.05, 0.1) is 44.3 Å². The zero-order valence-corrected chi connectivity index (χ0v) is 32.9. The van der Waals surface area contributed by atoms with Crippen LogP contribution in [0.15, 0.2) is 54.7 Å². The molecule has 0 saturated carbocycles. The Morgan fingerprint density at radius 3 is 2.15 bits per heavy atom. The maximum atomic E-state index is 13.0. The zero-order chi connectivity index (χ0) is 43.8. The average molecular weight is 842 g/mol. The number of H-pyrrole nitrogens is 1. The smallest absolute Gasteiger partial charge is 0.490 e. The molecule has 4 N–H and O–H groups in total. The van der Waals surface area contributed by atoms with Crippen molar-refractivity contribution in [3.8, 4) is 17.0 Å². The third-order valence-corrected chi connectivity index (χ3v) is 9.49. The normalized spacial score (nSPS) is 14.3. The number of hydrogen-bond donors (Lipinski definition) is 4. The Kier molecular flexibility index (Phi) is 18.6. The Labute approximate surface area is 336 Å². The number of rotatable bonds is 17. The summed E-state index contributed by atoms with van der Waals surface area (Å²) >= 11 is 0. The third kappa shape index (κ3) is 14.8. The van der Waals surface area contributed by atoms with Gasteiger partial charge in [0.15, 0.2) is 0 Å². The minimum absolute atomic E-state index is 0.184. The lowest BCUT2D eigenvalue weighted by Crippen LogP contribution is -2.38. The van der Waals surface area contributed by atoms with Crippen molar-refractivity contribution in [1.82, 2.24) is 24.8 Å². The topological polar surface area (TPSA) is 176 Å². The highest BCUT2D eigenvalue weighted by Gasteiger charge is 2.39. The molecule has 19 heteroatoms. The van der Waals surface area contributed by atoms with Crippen molar-refractivity contribution in [3.63, 3.8) is 0 Å². The van der Waals surface area contributed by atoms with E-state index in [1.165, 1.54) is 0 Å². The number of morpholine rings is 1. The van der Waals surface area contributed by atoms with Crippen LogP contribution in [0.5, 0.6) is 5.75 Å². The summed E-state index contributed by atoms with van der Waals surface area (Å²) in [5.41, 5.74) is 5.12. The van der Waals surface area contributed by atoms with E-state index in [0.717, 1.165) is 116 Å². The second kappa shape index (κ2) is 22.8. The molecule has 0 aliphatic carbocycles. The highest BCUT2D eigenvalue weighted by atomic mass is 19.4. The number of ketones is 1. The second-order valence-corrected chi connectivity index (χ2v) is 13.5. The monoisotopic (exact) mass is 841 g/mol. The highest BCUT2D eigenvalue weighted by Crippen LogP contribution is 2.35. The van der Waals surface area contributed by atoms with Crippen LogP contribution in [0.4, 0.5) is 26.3 Å². The molecule has 5 rings (SSSR count). The van der Waals surface area contributed by atoms with Crippen molar-refractivity contribution in [2.45, 2.75) is 83.4 Å². The molecule has 1 fully saturated rings. The number of nitrogens with one attached hydrogen (secondary N) is 2. The van der Waals surface area contributed by atoms with E-state index in [-0.39, 0.29) is 6.04 Å². The van der Waals surface area contributed by atoms with E-state index in [1.54, 1.807) is 7.11 Å². The van der Waals surface area contributed by atoms with Gasteiger partial charge in [0.1, 0.15) is 23.6 Å². The van der Waals surface area contributed by atoms with Gasteiger partial charge in [-0.2, -0.15) is 26.3 Å². The van der Waals surface area contributed by atoms with Crippen LogP contribution < -0.4 is 10.1 Å². The van der Waals surface area contributed by atoms with Crippen molar-refractivity contribution < 1.29 is 65.2 Å². The summed E-state index contributed by atoms with van der Waals surface area (Å²) in [7, 11) is 1.67. The predicted molar refractivity (Wildman–Crippen MR) is 205 cm³/mol. The molecule has 2 aromatic heterocycles. The number of Topliss-reactive ketones (excluding diaryl/α,β-unsaturated/α-hetero) is 1. The maximum Gasteiger partial charge on any atom is 0.490 e. The molecule has 1 unspecified atom stereocenters. The zero-order valence-electron chi connectivity index (χ0n) is 32.9. The Balaban J connectivity index is 0.000000569. The van der Waals surface area contributed by atoms with E-state index in [0.29, 0.717) is 18.6 Å². The lowest BCUT2D eigenvalue weighted by atomic mass is 10.00. The van der Waals surface area contributed by atoms with Crippen molar-refractivity contribution in [1.29, 1.82) is 0 Å². The largest absolute Gasteiger partial charge is 0.497 e. The van der Waals surface area contributed by atoms with Crippen LogP contribution in [-0.4, -0.2) is 106 Å². The molecule has 1 aliphatic heterocycles. The molecule has 13 nitrogen and oxygen atoms in total. The van der Waals surface area contributed by atoms with Crippen LogP contribution in [0.25, 0.3) is 22.2 Å². The number of ether oxygens (including phenoxy) is 2. The van der Waals surface area contributed by atoms with Crippen LogP contribution in [-0.2, 0) is 30.5 Å². The molecule has 1 aliphatic rings. The minimum Gasteiger partial charge on any atom is -0.497 e. The molecular formula is C40H49F6N5O8. The van der Waals surface area contributed by atoms with Crippen LogP contribution in [0.1, 0.15) is 74.6 Å². The number of halogens is 6. The molecule has 1 saturated heterocycles. The summed E-state index contributed by atoms with van der Waals surface area (Å²) < 4.78 is 77.0. The van der Waals surface area contributed by atoms with Gasteiger partial charge >= 0.3 is 24.3 Å². The number of hydrogen-bond acceptors (Lipinski definition) is 9. The van der Waals surface area contributed by atoms with Gasteiger partial charge in [0.25, 0.3) is 0 Å². The quantitative estimate of drug-likeness (QED) is 0.0472. The summed E-state index contributed by atoms with van der Waals surface area (Å²) in [5, 5.41) is 19.0. The number of benzene rings is 2. The lowest BCUT2D eigenvalue weighted by Gasteiger charge is -2.27. The maximum absolute atomic E-state index is 13.0. The first-order valence-electron chi connectivity index (χ1n) is 18.8. The number of carbonyl (C=O) groups excluding carboxylic acids is 2. The number of alkyl halides is 6. The molecule has 0 amide bonds. The van der Waals surface area contributed by atoms with E-state index in [2.05, 4.69) is 44.9 Å². The number of nitrogens with zero attached hydrogens (tertiary/aromatic N) is 3. The standard InChI is InChI=1S/C36H47N5O4.2C2HF3O2/c1-4-28(43)13-9-6-10-14-31(36-37-24-32(39-36)27-11-7-5-8-12-27)38-33(25-42)35-26(2)41(18-17-40-19-21-45-22-20-40)34-16-15-29(44-3)23-30(34)35;2*3-2(4,5)1(6)7/h5,7-8,11-12,15-16,23-25,31,33,38H,4,6,9-10,13-14,17-22H2,1-3H3,(H,37,39);2*(H,6,7)/t31-,33?;;/m0../s1. The molecule has 0 radical (unpaired) electrons. The number of aliphatic carboxylic acids is 2. The number of carboxylic acid groups (broad SMARTS) is 2. The lowest BCUT2D eigenvalue weighted by molar-refractivity contribution is -0.193. The summed E-state index contributed by atoms with van der Waals surface area (Å²) in [5.74, 6) is -3.65. The van der Waals surface area contributed by atoms with E-state index in [4.69, 9.17) is 34.3 Å². The third-order valence-electron chi connectivity index (χ3n) is 9.49. The molecule has 4 aromatic rings. The number of carbonyl (C=O) groups is 4. The summed E-state index contributed by atoms with van der Waals surface area (Å²) in [6.07, 6.45) is -2.57. The van der Waals surface area contributed by atoms with Crippen molar-refractivity contribution in [2.24, 2.45) is 0 Å². The van der Waals surface area contributed by atoms with Gasteiger partial charge in [-0.15, -0.1) is 0 Å². The molecular weight excluding hydrogens is 792 g/mol. The second-order valence-electron chi connectivity index (χ2n) is 13.5. The summed E-state index contributed by atoms with van der Waals surface area (Å²) in [4.78, 5) is 53.3. The van der Waals surface area contributed by atoms with Gasteiger partial charge in [-0.1, -0.05) is 50.1 Å². The SMILES string of the molecule is CCC(=O)CCCCC[C@H](NC(C=O)c1c(C)n(CCN2CCOCC2)c2ccc(OC)cc12)c1ncc(-c2ccccc2)[nH]1.O=C(O)C(F)(F)F.O=C(O)C(F)(F)F. The van der Waals surface area contributed by atoms with Gasteiger partial charge in [-0.3, -0.25) is 15.0 Å². The van der Waals surface area contributed by atoms with Crippen LogP contribution >= 0.6 is 0 Å². The number of methoxy groups -OCH3 is 1. The van der Waals surface area contributed by atoms with E-state index >= 15 is 0 Å². The molecule has 3 heterocycles. The summed E-state index contributed by atoms with van der Waals surface area (Å²) in [6, 6.07) is 15.5. The van der Waals surface area contributed by atoms with Crippen LogP contribution in [0.3, 0.4) is 0 Å². The Hall–Kier alpha value is -5.27. The first-order chi connectivity index (χ1) is 27.9. The molecule has 0 bridgehead atoms. The van der Waals surface area contributed by atoms with Crippen molar-refractivity contribution >= 4 is 34.9 Å². The number of unbranched alkanes of at least 4 members (excludes halogenated alkanes) is 2. The average Bonchev–Trinajstić information content (AvgIpc) is 3.81. The van der Waals surface area contributed by atoms with E-state index in [1.807, 2.05) is 43.5 Å². The number of aromatic amines is 1. The fourth-order valence-corrected chi connectivity index (χ4v) is 6.37. The summed E-state index contributed by atoms with van der Waals surface area (Å²) in [6.45, 7) is 9.15. The number of fused-ring (bicyclic) bond motifs is 1.